The van der Waals surface area contributed by atoms with Crippen LogP contribution in [0.25, 0.3) is 0 Å². The Morgan fingerprint density at radius 1 is 1.56 bits per heavy atom. The van der Waals surface area contributed by atoms with E-state index in [9.17, 15) is 0 Å². The molecule has 1 radical (unpaired) electrons. The highest BCUT2D eigenvalue weighted by molar-refractivity contribution is 8.06. The summed E-state index contributed by atoms with van der Waals surface area (Å²) in [6, 6.07) is 0. The molecule has 0 saturated heterocycles. The molecule has 9 heavy (non-hydrogen) atoms. The van der Waals surface area contributed by atoms with Crippen LogP contribution >= 0.6 is 11.8 Å². The van der Waals surface area contributed by atoms with Crippen molar-refractivity contribution in [2.75, 3.05) is 0 Å². The first-order chi connectivity index (χ1) is 4.47. The Hall–Kier alpha value is -0.700. The predicted molar refractivity (Wildman–Crippen MR) is 37.6 cm³/mol. The number of allylic oxidation sites excluding steroid dienone is 2. The Labute approximate surface area is 57.3 Å². The summed E-state index contributed by atoms with van der Waals surface area (Å²) in [5.74, 6) is 2.50. The first-order valence-electron chi connectivity index (χ1n) is 2.57. The minimum Gasteiger partial charge on any atom is -0.446 e. The molecule has 0 N–H and O–H groups in total. The number of rotatable bonds is 0. The summed E-state index contributed by atoms with van der Waals surface area (Å²) in [7, 11) is 0. The Morgan fingerprint density at radius 3 is 3.44 bits per heavy atom. The molecule has 3 heteroatoms. The maximum absolute atomic E-state index is 5.05. The van der Waals surface area contributed by atoms with Crippen molar-refractivity contribution < 1.29 is 4.74 Å². The van der Waals surface area contributed by atoms with E-state index in [2.05, 4.69) is 4.99 Å². The van der Waals surface area contributed by atoms with Crippen molar-refractivity contribution in [3.8, 4) is 0 Å². The number of nitrogens with zero attached hydrogens (tertiary/aromatic N) is 1. The number of fused-ring (bicyclic) bond motifs is 1. The smallest absolute Gasteiger partial charge is 0.228 e. The van der Waals surface area contributed by atoms with E-state index in [0.29, 0.717) is 0 Å². The molecule has 0 aromatic heterocycles. The zero-order valence-electron chi connectivity index (χ0n) is 4.57. The average Bonchev–Trinajstić information content (AvgIpc) is 2.33. The summed E-state index contributed by atoms with van der Waals surface area (Å²) in [4.78, 5) is 5.07. The summed E-state index contributed by atoms with van der Waals surface area (Å²) >= 11 is 1.58. The maximum Gasteiger partial charge on any atom is 0.228 e. The van der Waals surface area contributed by atoms with E-state index in [1.165, 1.54) is 0 Å². The Kier molecular flexibility index (Phi) is 1.09. The molecule has 2 nitrogen and oxygen atoms in total. The van der Waals surface area contributed by atoms with Crippen LogP contribution in [0.4, 0.5) is 0 Å². The van der Waals surface area contributed by atoms with E-state index >= 15 is 0 Å². The molecule has 2 heterocycles. The van der Waals surface area contributed by atoms with Crippen LogP contribution in [0.15, 0.2) is 28.3 Å². The number of hydrogen-bond donors (Lipinski definition) is 0. The highest BCUT2D eigenvalue weighted by Gasteiger charge is 2.16. The molecule has 45 valence electrons. The molecule has 0 saturated carbocycles. The zero-order valence-corrected chi connectivity index (χ0v) is 5.39. The second-order valence-corrected chi connectivity index (χ2v) is 2.52. The Morgan fingerprint density at radius 2 is 2.56 bits per heavy atom. The fraction of sp³-hybridized carbons (Fsp3) is 0. The van der Waals surface area contributed by atoms with Gasteiger partial charge in [0.25, 0.3) is 0 Å². The molecule has 0 amide bonds. The lowest BCUT2D eigenvalue weighted by Crippen LogP contribution is -1.99. The molecule has 0 spiro atoms. The molecule has 0 fully saturated rings. The summed E-state index contributed by atoms with van der Waals surface area (Å²) < 4.78 is 5.05. The molecular formula is C6H4NOS. The molecule has 0 bridgehead atoms. The van der Waals surface area contributed by atoms with Crippen molar-refractivity contribution in [2.24, 2.45) is 4.99 Å². The largest absolute Gasteiger partial charge is 0.446 e. The number of ether oxygens (including phenoxy) is 1. The van der Waals surface area contributed by atoms with Gasteiger partial charge in [-0.3, -0.25) is 0 Å². The second kappa shape index (κ2) is 1.92. The van der Waals surface area contributed by atoms with Gasteiger partial charge in [0.1, 0.15) is 5.88 Å². The van der Waals surface area contributed by atoms with Gasteiger partial charge < -0.3 is 4.74 Å². The van der Waals surface area contributed by atoms with Crippen LogP contribution in [0.1, 0.15) is 0 Å². The molecule has 0 unspecified atom stereocenters. The van der Waals surface area contributed by atoms with Gasteiger partial charge in [0.05, 0.1) is 11.2 Å². The van der Waals surface area contributed by atoms with E-state index in [1.807, 2.05) is 12.2 Å². The standard InChI is InChI=1S/C6H4NOS/c1-2-5-6(8-3-1)7-4-9-5/h1-4H. The maximum atomic E-state index is 5.05. The van der Waals surface area contributed by atoms with E-state index in [-0.39, 0.29) is 0 Å². The summed E-state index contributed by atoms with van der Waals surface area (Å²) in [5.41, 5.74) is 0. The van der Waals surface area contributed by atoms with Crippen LogP contribution < -0.4 is 0 Å². The number of aliphatic imine (C=N–C) groups is 1. The highest BCUT2D eigenvalue weighted by atomic mass is 32.2. The van der Waals surface area contributed by atoms with Crippen molar-refractivity contribution >= 4 is 17.7 Å². The highest BCUT2D eigenvalue weighted by Crippen LogP contribution is 2.30. The summed E-state index contributed by atoms with van der Waals surface area (Å²) in [6.07, 6.45) is 5.47. The van der Waals surface area contributed by atoms with Gasteiger partial charge in [-0.2, -0.15) is 0 Å². The van der Waals surface area contributed by atoms with Gasteiger partial charge in [-0.05, 0) is 12.2 Å². The molecule has 2 aliphatic heterocycles. The van der Waals surface area contributed by atoms with Crippen LogP contribution in [0.2, 0.25) is 0 Å². The number of thioether (sulfide) groups is 1. The fourth-order valence-electron chi connectivity index (χ4n) is 0.675. The zero-order chi connectivity index (χ0) is 6.10. The molecular weight excluding hydrogens is 134 g/mol. The lowest BCUT2D eigenvalue weighted by Gasteiger charge is -2.02. The van der Waals surface area contributed by atoms with Gasteiger partial charge in [0.2, 0.25) is 5.90 Å². The van der Waals surface area contributed by atoms with Gasteiger partial charge in [-0.1, -0.05) is 11.8 Å². The average molecular weight is 138 g/mol. The van der Waals surface area contributed by atoms with Gasteiger partial charge >= 0.3 is 0 Å². The lowest BCUT2D eigenvalue weighted by molar-refractivity contribution is 0.473. The SMILES string of the molecule is [CH]1N=C2OC=CC=C2S1. The third kappa shape index (κ3) is 0.772. The second-order valence-electron chi connectivity index (χ2n) is 1.63. The van der Waals surface area contributed by atoms with Crippen molar-refractivity contribution in [2.45, 2.75) is 0 Å². The monoisotopic (exact) mass is 138 g/mol. The van der Waals surface area contributed by atoms with Gasteiger partial charge in [0, 0.05) is 0 Å². The third-order valence-electron chi connectivity index (χ3n) is 1.07. The quantitative estimate of drug-likeness (QED) is 0.508. The van der Waals surface area contributed by atoms with Gasteiger partial charge in [-0.15, -0.1) is 0 Å². The molecule has 0 aromatic carbocycles. The molecule has 0 aromatic rings. The van der Waals surface area contributed by atoms with Crippen molar-refractivity contribution in [3.63, 3.8) is 0 Å². The summed E-state index contributed by atoms with van der Waals surface area (Å²) in [6.45, 7) is 0. The van der Waals surface area contributed by atoms with E-state index in [0.717, 1.165) is 10.8 Å². The molecule has 2 rings (SSSR count). The van der Waals surface area contributed by atoms with E-state index in [1.54, 1.807) is 23.9 Å². The molecule has 2 aliphatic rings. The topological polar surface area (TPSA) is 21.6 Å². The van der Waals surface area contributed by atoms with Crippen LogP contribution in [-0.4, -0.2) is 5.90 Å². The van der Waals surface area contributed by atoms with E-state index < -0.39 is 0 Å². The predicted octanol–water partition coefficient (Wildman–Crippen LogP) is 1.68. The van der Waals surface area contributed by atoms with Crippen LogP contribution in [-0.2, 0) is 4.74 Å². The molecule has 0 atom stereocenters. The van der Waals surface area contributed by atoms with Gasteiger partial charge in [-0.25, -0.2) is 4.99 Å². The van der Waals surface area contributed by atoms with Crippen LogP contribution in [0, 0.1) is 5.88 Å². The van der Waals surface area contributed by atoms with Gasteiger partial charge in [0.15, 0.2) is 0 Å². The van der Waals surface area contributed by atoms with Crippen molar-refractivity contribution in [1.82, 2.24) is 0 Å². The minimum absolute atomic E-state index is 0.725. The first-order valence-corrected chi connectivity index (χ1v) is 3.45. The fourth-order valence-corrected chi connectivity index (χ4v) is 1.30. The van der Waals surface area contributed by atoms with Crippen LogP contribution in [0.5, 0.6) is 0 Å². The number of hydrogen-bond acceptors (Lipinski definition) is 3. The third-order valence-corrected chi connectivity index (χ3v) is 1.84. The van der Waals surface area contributed by atoms with Crippen molar-refractivity contribution in [3.05, 3.63) is 29.2 Å². The Bertz CT molecular complexity index is 217. The summed E-state index contributed by atoms with van der Waals surface area (Å²) in [5, 5.41) is 0. The molecule has 0 aliphatic carbocycles. The lowest BCUT2D eigenvalue weighted by atomic mass is 10.4. The van der Waals surface area contributed by atoms with Crippen LogP contribution in [0.3, 0.4) is 0 Å². The first kappa shape index (κ1) is 5.11. The van der Waals surface area contributed by atoms with Crippen molar-refractivity contribution in [1.29, 1.82) is 0 Å². The minimum atomic E-state index is 0.725. The van der Waals surface area contributed by atoms with E-state index in [4.69, 9.17) is 4.74 Å². The Balaban J connectivity index is 2.37. The normalized spacial score (nSPS) is 22.2.